The van der Waals surface area contributed by atoms with Crippen molar-refractivity contribution in [2.24, 2.45) is 0 Å². The lowest BCUT2D eigenvalue weighted by Gasteiger charge is -2.12. The van der Waals surface area contributed by atoms with E-state index in [4.69, 9.17) is 0 Å². The van der Waals surface area contributed by atoms with Gasteiger partial charge in [-0.1, -0.05) is 6.07 Å². The van der Waals surface area contributed by atoms with Gasteiger partial charge in [-0.25, -0.2) is 17.2 Å². The molecular formula is C10H10F2O3S. The number of rotatable bonds is 2. The SMILES string of the molecule is CS(=O)(=O)c1c(F)ccc(C2(O)CC2)c1F. The normalized spacial score (nSPS) is 18.5. The number of aliphatic hydroxyl groups is 1. The Morgan fingerprint density at radius 3 is 2.31 bits per heavy atom. The molecule has 1 aliphatic rings. The first kappa shape index (κ1) is 11.5. The summed E-state index contributed by atoms with van der Waals surface area (Å²) in [5, 5.41) is 9.70. The number of halogens is 2. The van der Waals surface area contributed by atoms with Gasteiger partial charge in [-0.2, -0.15) is 0 Å². The van der Waals surface area contributed by atoms with E-state index in [0.29, 0.717) is 12.8 Å². The van der Waals surface area contributed by atoms with Gasteiger partial charge in [0.25, 0.3) is 0 Å². The molecule has 1 aromatic rings. The maximum Gasteiger partial charge on any atom is 0.181 e. The van der Waals surface area contributed by atoms with Crippen LogP contribution < -0.4 is 0 Å². The van der Waals surface area contributed by atoms with E-state index >= 15 is 0 Å². The van der Waals surface area contributed by atoms with Crippen LogP contribution in [0.1, 0.15) is 18.4 Å². The summed E-state index contributed by atoms with van der Waals surface area (Å²) in [6.07, 6.45) is 1.45. The van der Waals surface area contributed by atoms with Crippen LogP contribution in [0.25, 0.3) is 0 Å². The standard InChI is InChI=1S/C10H10F2O3S/c1-16(14,15)9-7(11)3-2-6(8(9)12)10(13)4-5-10/h2-3,13H,4-5H2,1H3. The highest BCUT2D eigenvalue weighted by Gasteiger charge is 2.45. The zero-order chi connectivity index (χ0) is 12.1. The molecule has 0 bridgehead atoms. The number of hydrogen-bond donors (Lipinski definition) is 1. The minimum Gasteiger partial charge on any atom is -0.385 e. The summed E-state index contributed by atoms with van der Waals surface area (Å²) in [5.74, 6) is -2.31. The van der Waals surface area contributed by atoms with E-state index in [1.54, 1.807) is 0 Å². The maximum absolute atomic E-state index is 13.8. The third-order valence-corrected chi connectivity index (χ3v) is 3.76. The molecular weight excluding hydrogens is 238 g/mol. The van der Waals surface area contributed by atoms with Crippen LogP contribution in [0.5, 0.6) is 0 Å². The molecule has 0 aromatic heterocycles. The van der Waals surface area contributed by atoms with Gasteiger partial charge < -0.3 is 5.11 Å². The van der Waals surface area contributed by atoms with Crippen LogP contribution in [0.2, 0.25) is 0 Å². The third kappa shape index (κ3) is 1.72. The Bertz CT molecular complexity index is 547. The summed E-state index contributed by atoms with van der Waals surface area (Å²) in [5.41, 5.74) is -1.47. The van der Waals surface area contributed by atoms with Gasteiger partial charge in [0, 0.05) is 11.8 Å². The molecule has 6 heteroatoms. The van der Waals surface area contributed by atoms with Crippen LogP contribution >= 0.6 is 0 Å². The Labute approximate surface area is 91.6 Å². The molecule has 0 radical (unpaired) electrons. The lowest BCUT2D eigenvalue weighted by atomic mass is 10.1. The lowest BCUT2D eigenvalue weighted by molar-refractivity contribution is 0.145. The van der Waals surface area contributed by atoms with Gasteiger partial charge in [0.05, 0.1) is 5.60 Å². The van der Waals surface area contributed by atoms with Crippen LogP contribution in [-0.2, 0) is 15.4 Å². The summed E-state index contributed by atoms with van der Waals surface area (Å²) in [6.45, 7) is 0. The van der Waals surface area contributed by atoms with Gasteiger partial charge in [-0.15, -0.1) is 0 Å². The topological polar surface area (TPSA) is 54.4 Å². The van der Waals surface area contributed by atoms with Crippen molar-refractivity contribution in [2.75, 3.05) is 6.26 Å². The summed E-state index contributed by atoms with van der Waals surface area (Å²) in [7, 11) is -3.98. The molecule has 0 aliphatic heterocycles. The van der Waals surface area contributed by atoms with Crippen LogP contribution in [0.3, 0.4) is 0 Å². The van der Waals surface area contributed by atoms with Crippen LogP contribution in [0.15, 0.2) is 17.0 Å². The molecule has 0 heterocycles. The fraction of sp³-hybridized carbons (Fsp3) is 0.400. The summed E-state index contributed by atoms with van der Waals surface area (Å²) < 4.78 is 49.4. The van der Waals surface area contributed by atoms with Gasteiger partial charge in [0.2, 0.25) is 0 Å². The molecule has 16 heavy (non-hydrogen) atoms. The van der Waals surface area contributed by atoms with Gasteiger partial charge in [0.15, 0.2) is 15.7 Å². The van der Waals surface area contributed by atoms with Crippen molar-refractivity contribution in [3.8, 4) is 0 Å². The van der Waals surface area contributed by atoms with Crippen molar-refractivity contribution in [1.82, 2.24) is 0 Å². The lowest BCUT2D eigenvalue weighted by Crippen LogP contribution is -2.13. The number of hydrogen-bond acceptors (Lipinski definition) is 3. The van der Waals surface area contributed by atoms with Gasteiger partial charge in [-0.3, -0.25) is 0 Å². The largest absolute Gasteiger partial charge is 0.385 e. The molecule has 0 unspecified atom stereocenters. The smallest absolute Gasteiger partial charge is 0.181 e. The van der Waals surface area contributed by atoms with E-state index in [1.165, 1.54) is 0 Å². The van der Waals surface area contributed by atoms with Crippen molar-refractivity contribution in [1.29, 1.82) is 0 Å². The number of sulfone groups is 1. The molecule has 0 saturated heterocycles. The Balaban J connectivity index is 2.70. The molecule has 1 fully saturated rings. The predicted octanol–water partition coefficient (Wildman–Crippen LogP) is 1.35. The van der Waals surface area contributed by atoms with Crippen LogP contribution in [0, 0.1) is 11.6 Å². The van der Waals surface area contributed by atoms with Crippen molar-refractivity contribution >= 4 is 9.84 Å². The van der Waals surface area contributed by atoms with E-state index in [-0.39, 0.29) is 5.56 Å². The quantitative estimate of drug-likeness (QED) is 0.859. The summed E-state index contributed by atoms with van der Waals surface area (Å²) in [6, 6.07) is 1.96. The van der Waals surface area contributed by atoms with Crippen molar-refractivity contribution in [3.05, 3.63) is 29.3 Å². The third-order valence-electron chi connectivity index (χ3n) is 2.64. The van der Waals surface area contributed by atoms with Crippen molar-refractivity contribution in [3.63, 3.8) is 0 Å². The molecule has 1 N–H and O–H groups in total. The Morgan fingerprint density at radius 2 is 1.88 bits per heavy atom. The minimum atomic E-state index is -3.98. The molecule has 0 atom stereocenters. The van der Waals surface area contributed by atoms with Gasteiger partial charge in [0.1, 0.15) is 10.7 Å². The molecule has 2 rings (SSSR count). The average Bonchev–Trinajstić information content (AvgIpc) is 2.81. The molecule has 1 aromatic carbocycles. The minimum absolute atomic E-state index is 0.144. The van der Waals surface area contributed by atoms with Gasteiger partial charge >= 0.3 is 0 Å². The molecule has 88 valence electrons. The second-order valence-electron chi connectivity index (χ2n) is 4.04. The molecule has 0 amide bonds. The van der Waals surface area contributed by atoms with E-state index in [9.17, 15) is 22.3 Å². The van der Waals surface area contributed by atoms with E-state index in [1.807, 2.05) is 0 Å². The van der Waals surface area contributed by atoms with E-state index < -0.39 is 32.0 Å². The highest BCUT2D eigenvalue weighted by atomic mass is 32.2. The highest BCUT2D eigenvalue weighted by Crippen LogP contribution is 2.47. The molecule has 1 aliphatic carbocycles. The highest BCUT2D eigenvalue weighted by molar-refractivity contribution is 7.90. The van der Waals surface area contributed by atoms with Crippen LogP contribution in [-0.4, -0.2) is 19.8 Å². The fourth-order valence-electron chi connectivity index (χ4n) is 1.62. The van der Waals surface area contributed by atoms with E-state index in [2.05, 4.69) is 0 Å². The Hall–Kier alpha value is -1.01. The first-order valence-corrected chi connectivity index (χ1v) is 6.56. The summed E-state index contributed by atoms with van der Waals surface area (Å²) >= 11 is 0. The number of benzene rings is 1. The van der Waals surface area contributed by atoms with E-state index in [0.717, 1.165) is 18.4 Å². The van der Waals surface area contributed by atoms with Crippen molar-refractivity contribution in [2.45, 2.75) is 23.3 Å². The first-order valence-electron chi connectivity index (χ1n) is 4.67. The summed E-state index contributed by atoms with van der Waals surface area (Å²) in [4.78, 5) is -0.967. The van der Waals surface area contributed by atoms with Crippen molar-refractivity contribution < 1.29 is 22.3 Å². The zero-order valence-corrected chi connectivity index (χ0v) is 9.31. The predicted molar refractivity (Wildman–Crippen MR) is 52.6 cm³/mol. The van der Waals surface area contributed by atoms with Crippen LogP contribution in [0.4, 0.5) is 8.78 Å². The Morgan fingerprint density at radius 1 is 1.31 bits per heavy atom. The first-order chi connectivity index (χ1) is 7.26. The molecule has 1 saturated carbocycles. The Kier molecular flexibility index (Phi) is 2.32. The monoisotopic (exact) mass is 248 g/mol. The zero-order valence-electron chi connectivity index (χ0n) is 8.50. The second kappa shape index (κ2) is 3.24. The fourth-order valence-corrected chi connectivity index (χ4v) is 2.48. The van der Waals surface area contributed by atoms with Gasteiger partial charge in [-0.05, 0) is 18.9 Å². The molecule has 0 spiro atoms. The molecule has 3 nitrogen and oxygen atoms in total. The average molecular weight is 248 g/mol. The second-order valence-corrected chi connectivity index (χ2v) is 5.99. The maximum atomic E-state index is 13.8.